The molecule has 1 heterocycles. The summed E-state index contributed by atoms with van der Waals surface area (Å²) in [6.45, 7) is 7.95. The number of halogens is 1. The predicted octanol–water partition coefficient (Wildman–Crippen LogP) is 1.81. The molecule has 0 aromatic carbocycles. The highest BCUT2D eigenvalue weighted by Crippen LogP contribution is 2.20. The van der Waals surface area contributed by atoms with E-state index in [9.17, 15) is 4.79 Å². The normalized spacial score (nSPS) is 17.8. The topological polar surface area (TPSA) is 23.6 Å². The molecular weight excluding hydrogens is 224 g/mol. The zero-order valence-corrected chi connectivity index (χ0v) is 11.4. The average molecular weight is 247 g/mol. The van der Waals surface area contributed by atoms with Crippen molar-refractivity contribution < 1.29 is 4.79 Å². The van der Waals surface area contributed by atoms with Gasteiger partial charge in [0.05, 0.1) is 5.41 Å². The summed E-state index contributed by atoms with van der Waals surface area (Å²) in [5, 5.41) is 0. The molecule has 0 bridgehead atoms. The molecule has 94 valence electrons. The molecule has 16 heavy (non-hydrogen) atoms. The number of nitrogens with zero attached hydrogens (tertiary/aromatic N) is 2. The summed E-state index contributed by atoms with van der Waals surface area (Å²) in [7, 11) is 1.87. The molecule has 0 aromatic heterocycles. The van der Waals surface area contributed by atoms with Crippen LogP contribution in [0.2, 0.25) is 0 Å². The molecule has 4 heteroatoms. The largest absolute Gasteiger partial charge is 0.344 e. The smallest absolute Gasteiger partial charge is 0.229 e. The first-order valence-electron chi connectivity index (χ1n) is 6.01. The zero-order chi connectivity index (χ0) is 12.2. The Hall–Kier alpha value is -0.280. The summed E-state index contributed by atoms with van der Waals surface area (Å²) in [5.74, 6) is 0.515. The maximum Gasteiger partial charge on any atom is 0.229 e. The molecule has 0 atom stereocenters. The highest BCUT2D eigenvalue weighted by atomic mass is 35.5. The molecule has 1 rings (SSSR count). The van der Waals surface area contributed by atoms with Gasteiger partial charge in [0.25, 0.3) is 0 Å². The van der Waals surface area contributed by atoms with E-state index in [4.69, 9.17) is 11.6 Å². The van der Waals surface area contributed by atoms with Crippen LogP contribution in [-0.4, -0.2) is 54.8 Å². The lowest BCUT2D eigenvalue weighted by atomic mass is 9.94. The van der Waals surface area contributed by atoms with Crippen molar-refractivity contribution >= 4 is 17.5 Å². The second kappa shape index (κ2) is 5.87. The Morgan fingerprint density at radius 2 is 1.94 bits per heavy atom. The van der Waals surface area contributed by atoms with E-state index in [2.05, 4.69) is 4.90 Å². The second-order valence-corrected chi connectivity index (χ2v) is 5.56. The summed E-state index contributed by atoms with van der Waals surface area (Å²) in [6, 6.07) is 0. The van der Waals surface area contributed by atoms with Gasteiger partial charge in [-0.3, -0.25) is 4.79 Å². The quantitative estimate of drug-likeness (QED) is 0.691. The number of carbonyl (C=O) groups excluding carboxylic acids is 1. The van der Waals surface area contributed by atoms with Crippen LogP contribution in [0.4, 0.5) is 0 Å². The van der Waals surface area contributed by atoms with E-state index < -0.39 is 5.41 Å². The number of rotatable bonds is 5. The van der Waals surface area contributed by atoms with Crippen molar-refractivity contribution in [1.82, 2.24) is 9.80 Å². The van der Waals surface area contributed by atoms with Gasteiger partial charge in [-0.1, -0.05) is 0 Å². The van der Waals surface area contributed by atoms with Gasteiger partial charge in [-0.15, -0.1) is 11.6 Å². The Morgan fingerprint density at radius 1 is 1.38 bits per heavy atom. The molecule has 0 spiro atoms. The summed E-state index contributed by atoms with van der Waals surface area (Å²) in [6.07, 6.45) is 2.59. The number of likely N-dealkylation sites (tertiary alicyclic amines) is 1. The minimum Gasteiger partial charge on any atom is -0.344 e. The Kier molecular flexibility index (Phi) is 5.06. The van der Waals surface area contributed by atoms with Crippen LogP contribution in [-0.2, 0) is 4.79 Å². The molecule has 0 unspecified atom stereocenters. The number of carbonyl (C=O) groups is 1. The van der Waals surface area contributed by atoms with Gasteiger partial charge in [0, 0.05) is 26.0 Å². The standard InChI is InChI=1S/C12H23ClN2O/c1-12(2,10-13)11(16)14(3)8-9-15-6-4-5-7-15/h4-10H2,1-3H3. The zero-order valence-electron chi connectivity index (χ0n) is 10.6. The molecule has 0 saturated carbocycles. The monoisotopic (exact) mass is 246 g/mol. The van der Waals surface area contributed by atoms with E-state index >= 15 is 0 Å². The first-order chi connectivity index (χ1) is 7.47. The van der Waals surface area contributed by atoms with Crippen molar-refractivity contribution in [3.05, 3.63) is 0 Å². The molecule has 0 aliphatic carbocycles. The van der Waals surface area contributed by atoms with Gasteiger partial charge in [-0.05, 0) is 39.8 Å². The van der Waals surface area contributed by atoms with Crippen LogP contribution in [0.1, 0.15) is 26.7 Å². The van der Waals surface area contributed by atoms with Crippen LogP contribution in [0.3, 0.4) is 0 Å². The molecule has 1 fully saturated rings. The van der Waals surface area contributed by atoms with E-state index in [0.29, 0.717) is 5.88 Å². The third-order valence-electron chi connectivity index (χ3n) is 3.21. The van der Waals surface area contributed by atoms with Crippen LogP contribution in [0.15, 0.2) is 0 Å². The van der Waals surface area contributed by atoms with Gasteiger partial charge >= 0.3 is 0 Å². The molecule has 3 nitrogen and oxygen atoms in total. The first kappa shape index (κ1) is 13.8. The molecule has 0 radical (unpaired) electrons. The van der Waals surface area contributed by atoms with Crippen molar-refractivity contribution in [3.63, 3.8) is 0 Å². The molecule has 1 amide bonds. The van der Waals surface area contributed by atoms with Gasteiger partial charge in [0.1, 0.15) is 0 Å². The fraction of sp³-hybridized carbons (Fsp3) is 0.917. The molecule has 0 aromatic rings. The fourth-order valence-corrected chi connectivity index (χ4v) is 2.09. The second-order valence-electron chi connectivity index (χ2n) is 5.29. The molecular formula is C12H23ClN2O. The van der Waals surface area contributed by atoms with Crippen LogP contribution >= 0.6 is 11.6 Å². The number of likely N-dealkylation sites (N-methyl/N-ethyl adjacent to an activating group) is 1. The Bertz CT molecular complexity index is 237. The maximum absolute atomic E-state index is 12.0. The van der Waals surface area contributed by atoms with Gasteiger partial charge in [0.15, 0.2) is 0 Å². The van der Waals surface area contributed by atoms with Crippen LogP contribution < -0.4 is 0 Å². The minimum atomic E-state index is -0.443. The van der Waals surface area contributed by atoms with Gasteiger partial charge in [0.2, 0.25) is 5.91 Å². The molecule has 1 saturated heterocycles. The number of hydrogen-bond donors (Lipinski definition) is 0. The predicted molar refractivity (Wildman–Crippen MR) is 67.8 cm³/mol. The van der Waals surface area contributed by atoms with Crippen LogP contribution in [0.5, 0.6) is 0 Å². The van der Waals surface area contributed by atoms with E-state index in [1.165, 1.54) is 25.9 Å². The van der Waals surface area contributed by atoms with E-state index in [1.54, 1.807) is 4.90 Å². The van der Waals surface area contributed by atoms with E-state index in [-0.39, 0.29) is 5.91 Å². The van der Waals surface area contributed by atoms with Crippen molar-refractivity contribution in [2.75, 3.05) is 39.1 Å². The highest BCUT2D eigenvalue weighted by molar-refractivity contribution is 6.19. The third-order valence-corrected chi connectivity index (χ3v) is 3.88. The molecule has 1 aliphatic heterocycles. The Balaban J connectivity index is 2.33. The minimum absolute atomic E-state index is 0.140. The molecule has 1 aliphatic rings. The van der Waals surface area contributed by atoms with Gasteiger partial charge in [-0.2, -0.15) is 0 Å². The molecule has 0 N–H and O–H groups in total. The highest BCUT2D eigenvalue weighted by Gasteiger charge is 2.29. The average Bonchev–Trinajstić information content (AvgIpc) is 2.77. The van der Waals surface area contributed by atoms with Crippen LogP contribution in [0.25, 0.3) is 0 Å². The lowest BCUT2D eigenvalue weighted by Gasteiger charge is -2.29. The number of amides is 1. The lowest BCUT2D eigenvalue weighted by Crippen LogP contribution is -2.42. The van der Waals surface area contributed by atoms with Crippen LogP contribution in [0, 0.1) is 5.41 Å². The van der Waals surface area contributed by atoms with Crippen molar-refractivity contribution in [2.45, 2.75) is 26.7 Å². The summed E-state index contributed by atoms with van der Waals surface area (Å²) < 4.78 is 0. The summed E-state index contributed by atoms with van der Waals surface area (Å²) in [5.41, 5.74) is -0.443. The number of hydrogen-bond acceptors (Lipinski definition) is 2. The van der Waals surface area contributed by atoms with Gasteiger partial charge in [-0.25, -0.2) is 0 Å². The Morgan fingerprint density at radius 3 is 2.44 bits per heavy atom. The Labute approximate surface area is 104 Å². The summed E-state index contributed by atoms with van der Waals surface area (Å²) in [4.78, 5) is 16.2. The van der Waals surface area contributed by atoms with E-state index in [1.807, 2.05) is 20.9 Å². The lowest BCUT2D eigenvalue weighted by molar-refractivity contribution is -0.138. The fourth-order valence-electron chi connectivity index (χ4n) is 1.97. The summed E-state index contributed by atoms with van der Waals surface area (Å²) >= 11 is 5.80. The third kappa shape index (κ3) is 3.63. The van der Waals surface area contributed by atoms with Crippen molar-refractivity contribution in [3.8, 4) is 0 Å². The first-order valence-corrected chi connectivity index (χ1v) is 6.55. The maximum atomic E-state index is 12.0. The van der Waals surface area contributed by atoms with Gasteiger partial charge < -0.3 is 9.80 Å². The SMILES string of the molecule is CN(CCN1CCCC1)C(=O)C(C)(C)CCl. The van der Waals surface area contributed by atoms with Crippen molar-refractivity contribution in [2.24, 2.45) is 5.41 Å². The van der Waals surface area contributed by atoms with Crippen molar-refractivity contribution in [1.29, 1.82) is 0 Å². The van der Waals surface area contributed by atoms with E-state index in [0.717, 1.165) is 13.1 Å². The number of alkyl halides is 1.